The lowest BCUT2D eigenvalue weighted by Crippen LogP contribution is -1.91. The van der Waals surface area contributed by atoms with Gasteiger partial charge in [0.05, 0.1) is 0 Å². The maximum atomic E-state index is 3.85. The van der Waals surface area contributed by atoms with Gasteiger partial charge in [-0.2, -0.15) is 5.10 Å². The Hall–Kier alpha value is -0.130. The van der Waals surface area contributed by atoms with Gasteiger partial charge in [-0.25, -0.2) is 9.67 Å². The molecule has 0 fully saturated rings. The van der Waals surface area contributed by atoms with Crippen molar-refractivity contribution >= 4 is 22.6 Å². The van der Waals surface area contributed by atoms with Crippen molar-refractivity contribution in [2.45, 2.75) is 0 Å². The van der Waals surface area contributed by atoms with Crippen LogP contribution < -0.4 is 0 Å². The van der Waals surface area contributed by atoms with E-state index in [4.69, 9.17) is 0 Å². The van der Waals surface area contributed by atoms with Crippen LogP contribution in [-0.4, -0.2) is 14.8 Å². The van der Waals surface area contributed by atoms with Gasteiger partial charge in [0.15, 0.2) is 3.83 Å². The number of halogens is 1. The van der Waals surface area contributed by atoms with Crippen molar-refractivity contribution in [1.82, 2.24) is 14.8 Å². The Morgan fingerprint density at radius 3 is 2.71 bits per heavy atom. The van der Waals surface area contributed by atoms with Crippen LogP contribution in [0.1, 0.15) is 0 Å². The molecule has 1 rings (SSSR count). The summed E-state index contributed by atoms with van der Waals surface area (Å²) in [7, 11) is 1.86. The number of aromatic nitrogens is 3. The molecule has 0 spiro atoms. The molecule has 0 radical (unpaired) electrons. The molecule has 1 aromatic rings. The third-order valence-corrected chi connectivity index (χ3v) is 1.63. The van der Waals surface area contributed by atoms with Crippen molar-refractivity contribution in [3.05, 3.63) is 10.2 Å². The largest absolute Gasteiger partial charge is 0.244 e. The Kier molecular flexibility index (Phi) is 1.27. The predicted molar refractivity (Wildman–Crippen MR) is 33.7 cm³/mol. The van der Waals surface area contributed by atoms with Crippen molar-refractivity contribution < 1.29 is 0 Å². The average Bonchev–Trinajstić information content (AvgIpc) is 1.91. The summed E-state index contributed by atoms with van der Waals surface area (Å²) in [5.41, 5.74) is 0. The average molecular weight is 209 g/mol. The van der Waals surface area contributed by atoms with Crippen molar-refractivity contribution in [1.29, 1.82) is 0 Å². The molecule has 0 atom stereocenters. The molecule has 0 aliphatic heterocycles. The van der Waals surface area contributed by atoms with Crippen molar-refractivity contribution in [3.63, 3.8) is 0 Å². The summed E-state index contributed by atoms with van der Waals surface area (Å²) >= 11 is 2.11. The minimum Gasteiger partial charge on any atom is -0.244 e. The van der Waals surface area contributed by atoms with Gasteiger partial charge in [0, 0.05) is 29.6 Å². The third kappa shape index (κ3) is 0.902. The van der Waals surface area contributed by atoms with E-state index in [0.717, 1.165) is 3.83 Å². The minimum absolute atomic E-state index is 0.914. The first-order valence-corrected chi connectivity index (χ1v) is 2.88. The van der Waals surface area contributed by atoms with E-state index in [2.05, 4.69) is 32.7 Å². The second kappa shape index (κ2) is 1.77. The molecule has 0 saturated heterocycles. The Morgan fingerprint density at radius 1 is 1.86 bits per heavy atom. The van der Waals surface area contributed by atoms with Gasteiger partial charge < -0.3 is 0 Å². The molecule has 0 saturated carbocycles. The fourth-order valence-corrected chi connectivity index (χ4v) is 0.531. The molecular formula is C3H4IN3. The first-order chi connectivity index (χ1) is 3.30. The van der Waals surface area contributed by atoms with Crippen molar-refractivity contribution in [3.8, 4) is 0 Å². The molecule has 3 nitrogen and oxygen atoms in total. The van der Waals surface area contributed by atoms with Crippen molar-refractivity contribution in [2.24, 2.45) is 7.05 Å². The van der Waals surface area contributed by atoms with Gasteiger partial charge in [0.2, 0.25) is 0 Å². The molecule has 0 amide bonds. The molecule has 1 aromatic heterocycles. The van der Waals surface area contributed by atoms with E-state index in [1.54, 1.807) is 4.68 Å². The van der Waals surface area contributed by atoms with Crippen molar-refractivity contribution in [2.75, 3.05) is 0 Å². The van der Waals surface area contributed by atoms with E-state index in [1.807, 2.05) is 7.05 Å². The van der Waals surface area contributed by atoms with Crippen LogP contribution in [-0.2, 0) is 7.05 Å². The fraction of sp³-hybridized carbons (Fsp3) is 0.333. The van der Waals surface area contributed by atoms with Crippen LogP contribution in [0.5, 0.6) is 0 Å². The number of nitrogens with zero attached hydrogens (tertiary/aromatic N) is 3. The Morgan fingerprint density at radius 2 is 2.57 bits per heavy atom. The number of aryl methyl sites for hydroxylation is 1. The molecule has 0 aliphatic carbocycles. The highest BCUT2D eigenvalue weighted by Crippen LogP contribution is 1.92. The van der Waals surface area contributed by atoms with Gasteiger partial charge in [-0.15, -0.1) is 0 Å². The van der Waals surface area contributed by atoms with Crippen LogP contribution >= 0.6 is 22.6 Å². The molecule has 1 heterocycles. The van der Waals surface area contributed by atoms with Crippen LogP contribution in [0.4, 0.5) is 0 Å². The maximum absolute atomic E-state index is 3.85. The lowest BCUT2D eigenvalue weighted by Gasteiger charge is -1.82. The molecule has 0 bridgehead atoms. The van der Waals surface area contributed by atoms with Gasteiger partial charge in [-0.05, 0) is 0 Å². The molecule has 0 N–H and O–H groups in total. The lowest BCUT2D eigenvalue weighted by molar-refractivity contribution is 0.743. The van der Waals surface area contributed by atoms with Crippen LogP contribution in [0.3, 0.4) is 0 Å². The highest BCUT2D eigenvalue weighted by molar-refractivity contribution is 14.1. The number of hydrogen-bond acceptors (Lipinski definition) is 2. The summed E-state index contributed by atoms with van der Waals surface area (Å²) in [5.74, 6) is 0. The second-order valence-corrected chi connectivity index (χ2v) is 2.12. The van der Waals surface area contributed by atoms with Gasteiger partial charge in [0.1, 0.15) is 6.33 Å². The fourth-order valence-electron chi connectivity index (χ4n) is 0.282. The van der Waals surface area contributed by atoms with E-state index in [1.165, 1.54) is 6.33 Å². The summed E-state index contributed by atoms with van der Waals surface area (Å²) in [4.78, 5) is 3.85. The molecule has 7 heavy (non-hydrogen) atoms. The Balaban J connectivity index is 3.12. The van der Waals surface area contributed by atoms with Crippen LogP contribution in [0, 0.1) is 3.83 Å². The first kappa shape index (κ1) is 5.02. The summed E-state index contributed by atoms with van der Waals surface area (Å²) in [6.45, 7) is 0. The molecular weight excluding hydrogens is 205 g/mol. The molecule has 0 aromatic carbocycles. The smallest absolute Gasteiger partial charge is 0.188 e. The summed E-state index contributed by atoms with van der Waals surface area (Å²) in [5, 5.41) is 3.81. The van der Waals surface area contributed by atoms with Gasteiger partial charge in [0.25, 0.3) is 0 Å². The second-order valence-electron chi connectivity index (χ2n) is 1.15. The normalized spacial score (nSPS) is 9.43. The van der Waals surface area contributed by atoms with Gasteiger partial charge >= 0.3 is 0 Å². The Labute approximate surface area is 54.9 Å². The molecule has 38 valence electrons. The highest BCUT2D eigenvalue weighted by atomic mass is 127. The quantitative estimate of drug-likeness (QED) is 0.579. The third-order valence-electron chi connectivity index (χ3n) is 0.656. The van der Waals surface area contributed by atoms with E-state index in [-0.39, 0.29) is 0 Å². The van der Waals surface area contributed by atoms with Crippen LogP contribution in [0.25, 0.3) is 0 Å². The highest BCUT2D eigenvalue weighted by Gasteiger charge is 1.87. The molecule has 0 aliphatic rings. The maximum Gasteiger partial charge on any atom is 0.188 e. The Bertz CT molecular complexity index is 142. The van der Waals surface area contributed by atoms with E-state index >= 15 is 0 Å². The SMILES string of the molecule is Cn1ncnc1I. The zero-order chi connectivity index (χ0) is 5.28. The summed E-state index contributed by atoms with van der Waals surface area (Å²) < 4.78 is 2.62. The van der Waals surface area contributed by atoms with E-state index in [9.17, 15) is 0 Å². The molecule has 0 unspecified atom stereocenters. The van der Waals surface area contributed by atoms with Gasteiger partial charge in [-0.1, -0.05) is 0 Å². The topological polar surface area (TPSA) is 30.7 Å². The standard InChI is InChI=1S/C3H4IN3/c1-7-3(4)5-2-6-7/h2H,1H3. The minimum atomic E-state index is 0.914. The van der Waals surface area contributed by atoms with Crippen LogP contribution in [0.15, 0.2) is 6.33 Å². The number of hydrogen-bond donors (Lipinski definition) is 0. The van der Waals surface area contributed by atoms with E-state index in [0.29, 0.717) is 0 Å². The predicted octanol–water partition coefficient (Wildman–Crippen LogP) is 0.420. The zero-order valence-corrected chi connectivity index (χ0v) is 5.95. The first-order valence-electron chi connectivity index (χ1n) is 1.80. The van der Waals surface area contributed by atoms with Gasteiger partial charge in [-0.3, -0.25) is 0 Å². The zero-order valence-electron chi connectivity index (χ0n) is 3.80. The van der Waals surface area contributed by atoms with Crippen LogP contribution in [0.2, 0.25) is 0 Å². The number of rotatable bonds is 0. The van der Waals surface area contributed by atoms with E-state index < -0.39 is 0 Å². The molecule has 4 heteroatoms. The summed E-state index contributed by atoms with van der Waals surface area (Å²) in [6, 6.07) is 0. The monoisotopic (exact) mass is 209 g/mol. The summed E-state index contributed by atoms with van der Waals surface area (Å²) in [6.07, 6.45) is 1.53. The lowest BCUT2D eigenvalue weighted by atomic mass is 11.2.